The Morgan fingerprint density at radius 3 is 2.78 bits per heavy atom. The Bertz CT molecular complexity index is 722. The molecule has 0 heterocycles. The molecule has 2 aromatic rings. The fraction of sp³-hybridized carbons (Fsp3) is 0.125. The Labute approximate surface area is 141 Å². The average Bonchev–Trinajstić information content (AvgIpc) is 2.56. The predicted molar refractivity (Wildman–Crippen MR) is 88.3 cm³/mol. The van der Waals surface area contributed by atoms with E-state index in [1.165, 1.54) is 19.4 Å². The number of para-hydroxylation sites is 2. The molecule has 0 radical (unpaired) electrons. The van der Waals surface area contributed by atoms with Crippen molar-refractivity contribution in [1.29, 1.82) is 0 Å². The van der Waals surface area contributed by atoms with Gasteiger partial charge in [-0.1, -0.05) is 28.1 Å². The van der Waals surface area contributed by atoms with Gasteiger partial charge in [-0.15, -0.1) is 0 Å². The van der Waals surface area contributed by atoms with Crippen LogP contribution in [-0.4, -0.2) is 25.8 Å². The lowest BCUT2D eigenvalue weighted by Gasteiger charge is -2.09. The summed E-state index contributed by atoms with van der Waals surface area (Å²) in [6.07, 6.45) is 1.22. The molecule has 0 saturated heterocycles. The SMILES string of the molecule is COc1ccccc1OCC(=O)N/N=C\c1cc(Br)ccc1F. The Morgan fingerprint density at radius 1 is 1.30 bits per heavy atom. The highest BCUT2D eigenvalue weighted by atomic mass is 79.9. The first-order valence-electron chi connectivity index (χ1n) is 6.63. The number of nitrogens with one attached hydrogen (secondary N) is 1. The Hall–Kier alpha value is -2.41. The van der Waals surface area contributed by atoms with Gasteiger partial charge in [-0.25, -0.2) is 9.82 Å². The summed E-state index contributed by atoms with van der Waals surface area (Å²) in [4.78, 5) is 11.7. The van der Waals surface area contributed by atoms with E-state index in [1.807, 2.05) is 0 Å². The van der Waals surface area contributed by atoms with Crippen molar-refractivity contribution < 1.29 is 18.7 Å². The largest absolute Gasteiger partial charge is 0.493 e. The quantitative estimate of drug-likeness (QED) is 0.618. The molecule has 0 saturated carbocycles. The number of nitrogens with zero attached hydrogens (tertiary/aromatic N) is 1. The predicted octanol–water partition coefficient (Wildman–Crippen LogP) is 3.13. The van der Waals surface area contributed by atoms with Gasteiger partial charge < -0.3 is 9.47 Å². The van der Waals surface area contributed by atoms with Gasteiger partial charge in [0.2, 0.25) is 0 Å². The van der Waals surface area contributed by atoms with E-state index in [4.69, 9.17) is 9.47 Å². The second-order valence-electron chi connectivity index (χ2n) is 4.40. The van der Waals surface area contributed by atoms with E-state index in [1.54, 1.807) is 36.4 Å². The third-order valence-electron chi connectivity index (χ3n) is 2.78. The number of amides is 1. The number of hydrogen-bond donors (Lipinski definition) is 1. The fourth-order valence-electron chi connectivity index (χ4n) is 1.70. The van der Waals surface area contributed by atoms with Crippen LogP contribution in [0.15, 0.2) is 52.0 Å². The summed E-state index contributed by atoms with van der Waals surface area (Å²) in [5, 5.41) is 3.70. The Morgan fingerprint density at radius 2 is 2.04 bits per heavy atom. The van der Waals surface area contributed by atoms with Crippen molar-refractivity contribution in [2.45, 2.75) is 0 Å². The van der Waals surface area contributed by atoms with Crippen molar-refractivity contribution >= 4 is 28.1 Å². The Kier molecular flexibility index (Phi) is 6.10. The minimum Gasteiger partial charge on any atom is -0.493 e. The van der Waals surface area contributed by atoms with Gasteiger partial charge in [0.25, 0.3) is 5.91 Å². The second-order valence-corrected chi connectivity index (χ2v) is 5.31. The summed E-state index contributed by atoms with van der Waals surface area (Å²) in [6, 6.07) is 11.4. The molecule has 23 heavy (non-hydrogen) atoms. The monoisotopic (exact) mass is 380 g/mol. The number of carbonyl (C=O) groups is 1. The van der Waals surface area contributed by atoms with Crippen molar-refractivity contribution in [1.82, 2.24) is 5.43 Å². The first-order chi connectivity index (χ1) is 11.1. The van der Waals surface area contributed by atoms with Gasteiger partial charge >= 0.3 is 0 Å². The highest BCUT2D eigenvalue weighted by Crippen LogP contribution is 2.25. The molecule has 0 fully saturated rings. The number of benzene rings is 2. The maximum absolute atomic E-state index is 13.5. The topological polar surface area (TPSA) is 59.9 Å². The molecule has 120 valence electrons. The number of ether oxygens (including phenoxy) is 2. The number of hydrogen-bond acceptors (Lipinski definition) is 4. The lowest BCUT2D eigenvalue weighted by Crippen LogP contribution is -2.24. The van der Waals surface area contributed by atoms with Crippen molar-refractivity contribution in [3.63, 3.8) is 0 Å². The van der Waals surface area contributed by atoms with Crippen molar-refractivity contribution in [3.05, 3.63) is 58.3 Å². The summed E-state index contributed by atoms with van der Waals surface area (Å²) in [5.74, 6) is 0.0752. The van der Waals surface area contributed by atoms with Gasteiger partial charge in [0.05, 0.1) is 13.3 Å². The van der Waals surface area contributed by atoms with E-state index in [2.05, 4.69) is 26.5 Å². The van der Waals surface area contributed by atoms with Crippen LogP contribution in [0, 0.1) is 5.82 Å². The third-order valence-corrected chi connectivity index (χ3v) is 3.27. The molecule has 0 aliphatic rings. The van der Waals surface area contributed by atoms with Crippen LogP contribution >= 0.6 is 15.9 Å². The van der Waals surface area contributed by atoms with Gasteiger partial charge in [0.1, 0.15) is 5.82 Å². The third kappa shape index (κ3) is 5.07. The molecule has 1 N–H and O–H groups in total. The van der Waals surface area contributed by atoms with Gasteiger partial charge in [-0.3, -0.25) is 4.79 Å². The Balaban J connectivity index is 1.88. The maximum Gasteiger partial charge on any atom is 0.277 e. The zero-order chi connectivity index (χ0) is 16.7. The van der Waals surface area contributed by atoms with Gasteiger partial charge in [-0.2, -0.15) is 5.10 Å². The van der Waals surface area contributed by atoms with E-state index in [0.717, 1.165) is 0 Å². The minimum absolute atomic E-state index is 0.237. The second kappa shape index (κ2) is 8.28. The molecule has 0 spiro atoms. The lowest BCUT2D eigenvalue weighted by atomic mass is 10.2. The maximum atomic E-state index is 13.5. The smallest absolute Gasteiger partial charge is 0.277 e. The molecule has 0 bridgehead atoms. The zero-order valence-corrected chi connectivity index (χ0v) is 13.8. The normalized spacial score (nSPS) is 10.6. The summed E-state index contributed by atoms with van der Waals surface area (Å²) in [7, 11) is 1.51. The molecular formula is C16H14BrFN2O3. The van der Waals surface area contributed by atoms with Crippen LogP contribution in [0.5, 0.6) is 11.5 Å². The highest BCUT2D eigenvalue weighted by Gasteiger charge is 2.06. The fourth-order valence-corrected chi connectivity index (χ4v) is 2.08. The van der Waals surface area contributed by atoms with Crippen molar-refractivity contribution in [2.75, 3.05) is 13.7 Å². The van der Waals surface area contributed by atoms with Crippen LogP contribution in [0.4, 0.5) is 4.39 Å². The first kappa shape index (κ1) is 17.0. The van der Waals surface area contributed by atoms with Crippen LogP contribution in [0.25, 0.3) is 0 Å². The highest BCUT2D eigenvalue weighted by molar-refractivity contribution is 9.10. The van der Waals surface area contributed by atoms with Gasteiger partial charge in [-0.05, 0) is 30.3 Å². The molecule has 5 nitrogen and oxygen atoms in total. The summed E-state index contributed by atoms with van der Waals surface area (Å²) < 4.78 is 24.6. The molecule has 7 heteroatoms. The number of rotatable bonds is 6. The van der Waals surface area contributed by atoms with E-state index in [0.29, 0.717) is 16.0 Å². The van der Waals surface area contributed by atoms with E-state index >= 15 is 0 Å². The van der Waals surface area contributed by atoms with Gasteiger partial charge in [0, 0.05) is 10.0 Å². The summed E-state index contributed by atoms with van der Waals surface area (Å²) in [6.45, 7) is -0.237. The van der Waals surface area contributed by atoms with Crippen LogP contribution in [0.1, 0.15) is 5.56 Å². The number of hydrazone groups is 1. The lowest BCUT2D eigenvalue weighted by molar-refractivity contribution is -0.123. The molecule has 0 aliphatic heterocycles. The van der Waals surface area contributed by atoms with Crippen molar-refractivity contribution in [3.8, 4) is 11.5 Å². The van der Waals surface area contributed by atoms with Crippen LogP contribution < -0.4 is 14.9 Å². The molecular weight excluding hydrogens is 367 g/mol. The first-order valence-corrected chi connectivity index (χ1v) is 7.42. The number of methoxy groups -OCH3 is 1. The van der Waals surface area contributed by atoms with E-state index in [9.17, 15) is 9.18 Å². The number of carbonyl (C=O) groups excluding carboxylic acids is 1. The molecule has 2 rings (SSSR count). The van der Waals surface area contributed by atoms with Crippen molar-refractivity contribution in [2.24, 2.45) is 5.10 Å². The summed E-state index contributed by atoms with van der Waals surface area (Å²) in [5.41, 5.74) is 2.52. The average molecular weight is 381 g/mol. The van der Waals surface area contributed by atoms with Crippen LogP contribution in [-0.2, 0) is 4.79 Å². The molecule has 1 amide bonds. The van der Waals surface area contributed by atoms with E-state index in [-0.39, 0.29) is 12.2 Å². The molecule has 0 aliphatic carbocycles. The minimum atomic E-state index is -0.470. The molecule has 0 atom stereocenters. The summed E-state index contributed by atoms with van der Waals surface area (Å²) >= 11 is 3.23. The number of halogens is 2. The van der Waals surface area contributed by atoms with Crippen LogP contribution in [0.2, 0.25) is 0 Å². The zero-order valence-electron chi connectivity index (χ0n) is 12.3. The molecule has 0 unspecified atom stereocenters. The van der Waals surface area contributed by atoms with E-state index < -0.39 is 11.7 Å². The van der Waals surface area contributed by atoms with Gasteiger partial charge in [0.15, 0.2) is 18.1 Å². The van der Waals surface area contributed by atoms with Crippen LogP contribution in [0.3, 0.4) is 0 Å². The molecule has 2 aromatic carbocycles. The molecule has 0 aromatic heterocycles. The standard InChI is InChI=1S/C16H14BrFN2O3/c1-22-14-4-2-3-5-15(14)23-10-16(21)20-19-9-11-8-12(17)6-7-13(11)18/h2-9H,10H2,1H3,(H,20,21)/b19-9-.